The summed E-state index contributed by atoms with van der Waals surface area (Å²) < 4.78 is 24.9. The molecule has 22 heavy (non-hydrogen) atoms. The number of aromatic nitrogens is 2. The van der Waals surface area contributed by atoms with Crippen LogP contribution in [0.4, 0.5) is 0 Å². The van der Waals surface area contributed by atoms with Crippen LogP contribution in [-0.4, -0.2) is 54.6 Å². The van der Waals surface area contributed by atoms with Crippen molar-refractivity contribution in [1.82, 2.24) is 20.2 Å². The number of nitrogens with one attached hydrogen (secondary N) is 2. The number of aliphatic imine (C=N–C) groups is 1. The largest absolute Gasteiger partial charge is 0.357 e. The lowest BCUT2D eigenvalue weighted by atomic mass is 10.3. The van der Waals surface area contributed by atoms with Crippen molar-refractivity contribution in [3.8, 4) is 0 Å². The maximum Gasteiger partial charge on any atom is 0.191 e. The molecule has 1 aromatic heterocycles. The summed E-state index contributed by atoms with van der Waals surface area (Å²) in [5, 5.41) is 6.36. The van der Waals surface area contributed by atoms with Gasteiger partial charge in [0.1, 0.15) is 0 Å². The third-order valence-electron chi connectivity index (χ3n) is 3.32. The number of aryl methyl sites for hydroxylation is 1. The fourth-order valence-corrected chi connectivity index (χ4v) is 3.96. The molecule has 0 aliphatic carbocycles. The minimum absolute atomic E-state index is 0. The van der Waals surface area contributed by atoms with E-state index in [9.17, 15) is 8.42 Å². The maximum atomic E-state index is 11.5. The van der Waals surface area contributed by atoms with Crippen LogP contribution in [0.1, 0.15) is 19.8 Å². The molecule has 0 aromatic carbocycles. The molecule has 1 aromatic rings. The zero-order chi connectivity index (χ0) is 15.1. The number of hydrogen-bond acceptors (Lipinski definition) is 4. The zero-order valence-electron chi connectivity index (χ0n) is 12.7. The van der Waals surface area contributed by atoms with Crippen LogP contribution in [0.15, 0.2) is 23.7 Å². The van der Waals surface area contributed by atoms with Crippen LogP contribution in [0.25, 0.3) is 0 Å². The van der Waals surface area contributed by atoms with E-state index < -0.39 is 9.84 Å². The second kappa shape index (κ2) is 9.33. The fraction of sp³-hybridized carbons (Fsp3) is 0.692. The Morgan fingerprint density at radius 3 is 2.91 bits per heavy atom. The van der Waals surface area contributed by atoms with Gasteiger partial charge in [-0.3, -0.25) is 4.99 Å². The summed E-state index contributed by atoms with van der Waals surface area (Å²) in [6, 6.07) is -0.0264. The van der Waals surface area contributed by atoms with E-state index in [-0.39, 0.29) is 41.5 Å². The summed E-state index contributed by atoms with van der Waals surface area (Å²) in [5.74, 6) is 1.17. The molecule has 0 spiro atoms. The van der Waals surface area contributed by atoms with Crippen LogP contribution < -0.4 is 10.6 Å². The van der Waals surface area contributed by atoms with Gasteiger partial charge in [-0.15, -0.1) is 24.0 Å². The topological polar surface area (TPSA) is 88.4 Å². The smallest absolute Gasteiger partial charge is 0.191 e. The third kappa shape index (κ3) is 6.51. The first-order valence-electron chi connectivity index (χ1n) is 7.30. The van der Waals surface area contributed by atoms with Crippen LogP contribution >= 0.6 is 24.0 Å². The zero-order valence-corrected chi connectivity index (χ0v) is 15.9. The molecular formula is C13H24IN5O2S. The lowest BCUT2D eigenvalue weighted by Gasteiger charge is -2.15. The van der Waals surface area contributed by atoms with Crippen molar-refractivity contribution in [3.05, 3.63) is 18.7 Å². The van der Waals surface area contributed by atoms with Crippen molar-refractivity contribution >= 4 is 39.8 Å². The summed E-state index contributed by atoms with van der Waals surface area (Å²) in [7, 11) is -2.87. The molecule has 2 heterocycles. The summed E-state index contributed by atoms with van der Waals surface area (Å²) in [6.07, 6.45) is 7.04. The number of imidazole rings is 1. The Balaban J connectivity index is 0.00000242. The number of rotatable bonds is 6. The average Bonchev–Trinajstić information content (AvgIpc) is 3.04. The first kappa shape index (κ1) is 19.2. The van der Waals surface area contributed by atoms with Gasteiger partial charge in [-0.2, -0.15) is 0 Å². The Morgan fingerprint density at radius 1 is 1.50 bits per heavy atom. The highest BCUT2D eigenvalue weighted by Gasteiger charge is 2.28. The molecule has 0 amide bonds. The number of guanidine groups is 1. The molecule has 1 aliphatic heterocycles. The van der Waals surface area contributed by atoms with Crippen molar-refractivity contribution in [2.24, 2.45) is 4.99 Å². The van der Waals surface area contributed by atoms with Gasteiger partial charge in [0, 0.05) is 38.1 Å². The average molecular weight is 441 g/mol. The van der Waals surface area contributed by atoms with Crippen molar-refractivity contribution in [2.75, 3.05) is 24.6 Å². The number of sulfone groups is 1. The van der Waals surface area contributed by atoms with Crippen LogP contribution in [0.2, 0.25) is 0 Å². The van der Waals surface area contributed by atoms with E-state index in [1.807, 2.05) is 17.7 Å². The Bertz CT molecular complexity index is 559. The molecule has 0 bridgehead atoms. The Kier molecular flexibility index (Phi) is 8.15. The fourth-order valence-electron chi connectivity index (χ4n) is 2.29. The Hall–Kier alpha value is -0.840. The Morgan fingerprint density at radius 2 is 2.32 bits per heavy atom. The lowest BCUT2D eigenvalue weighted by molar-refractivity contribution is 0.599. The van der Waals surface area contributed by atoms with Crippen LogP contribution in [-0.2, 0) is 16.4 Å². The quantitative estimate of drug-likeness (QED) is 0.293. The first-order chi connectivity index (χ1) is 10.1. The van der Waals surface area contributed by atoms with E-state index >= 15 is 0 Å². The van der Waals surface area contributed by atoms with Gasteiger partial charge >= 0.3 is 0 Å². The van der Waals surface area contributed by atoms with E-state index in [1.54, 1.807) is 12.5 Å². The predicted octanol–water partition coefficient (Wildman–Crippen LogP) is 0.633. The molecule has 1 unspecified atom stereocenters. The van der Waals surface area contributed by atoms with Crippen molar-refractivity contribution in [2.45, 2.75) is 32.4 Å². The van der Waals surface area contributed by atoms with E-state index in [2.05, 4.69) is 20.6 Å². The Labute approximate surface area is 148 Å². The van der Waals surface area contributed by atoms with E-state index in [4.69, 9.17) is 0 Å². The second-order valence-electron chi connectivity index (χ2n) is 5.16. The van der Waals surface area contributed by atoms with Gasteiger partial charge in [-0.05, 0) is 19.8 Å². The van der Waals surface area contributed by atoms with Gasteiger partial charge in [-0.1, -0.05) is 0 Å². The molecule has 0 radical (unpaired) electrons. The molecule has 0 saturated carbocycles. The van der Waals surface area contributed by atoms with Gasteiger partial charge in [-0.25, -0.2) is 13.4 Å². The predicted molar refractivity (Wildman–Crippen MR) is 98.4 cm³/mol. The van der Waals surface area contributed by atoms with E-state index in [0.717, 1.165) is 19.5 Å². The molecular weight excluding hydrogens is 417 g/mol. The minimum atomic E-state index is -2.87. The van der Waals surface area contributed by atoms with Crippen molar-refractivity contribution < 1.29 is 8.42 Å². The number of halogens is 1. The first-order valence-corrected chi connectivity index (χ1v) is 9.12. The van der Waals surface area contributed by atoms with Crippen LogP contribution in [0, 0.1) is 0 Å². The van der Waals surface area contributed by atoms with Gasteiger partial charge in [0.15, 0.2) is 15.8 Å². The monoisotopic (exact) mass is 441 g/mol. The molecule has 2 rings (SSSR count). The van der Waals surface area contributed by atoms with Gasteiger partial charge in [0.2, 0.25) is 0 Å². The molecule has 9 heteroatoms. The van der Waals surface area contributed by atoms with Gasteiger partial charge < -0.3 is 15.2 Å². The van der Waals surface area contributed by atoms with Gasteiger partial charge in [0.05, 0.1) is 17.8 Å². The highest BCUT2D eigenvalue weighted by atomic mass is 127. The molecule has 1 saturated heterocycles. The summed E-state index contributed by atoms with van der Waals surface area (Å²) >= 11 is 0. The summed E-state index contributed by atoms with van der Waals surface area (Å²) in [5.41, 5.74) is 0. The van der Waals surface area contributed by atoms with Crippen molar-refractivity contribution in [1.29, 1.82) is 0 Å². The van der Waals surface area contributed by atoms with Crippen molar-refractivity contribution in [3.63, 3.8) is 0 Å². The van der Waals surface area contributed by atoms with Crippen LogP contribution in [0.5, 0.6) is 0 Å². The molecule has 1 fully saturated rings. The van der Waals surface area contributed by atoms with E-state index in [0.29, 0.717) is 18.9 Å². The lowest BCUT2D eigenvalue weighted by Crippen LogP contribution is -2.44. The molecule has 2 N–H and O–H groups in total. The minimum Gasteiger partial charge on any atom is -0.357 e. The third-order valence-corrected chi connectivity index (χ3v) is 5.09. The molecule has 126 valence electrons. The SMILES string of the molecule is CCNC(=NCCCn1ccnc1)NC1CCS(=O)(=O)C1.I. The van der Waals surface area contributed by atoms with Gasteiger partial charge in [0.25, 0.3) is 0 Å². The summed E-state index contributed by atoms with van der Waals surface area (Å²) in [4.78, 5) is 8.48. The highest BCUT2D eigenvalue weighted by Crippen LogP contribution is 2.10. The summed E-state index contributed by atoms with van der Waals surface area (Å²) in [6.45, 7) is 4.31. The van der Waals surface area contributed by atoms with Crippen LogP contribution in [0.3, 0.4) is 0 Å². The normalized spacial score (nSPS) is 20.4. The second-order valence-corrected chi connectivity index (χ2v) is 7.39. The maximum absolute atomic E-state index is 11.5. The number of nitrogens with zero attached hydrogens (tertiary/aromatic N) is 3. The standard InChI is InChI=1S/C13H23N5O2S.HI/c1-2-15-13(17-12-4-9-21(19,20)10-12)16-5-3-7-18-8-6-14-11-18;/h6,8,11-12H,2-5,7,9-10H2,1H3,(H2,15,16,17);1H. The molecule has 1 atom stereocenters. The van der Waals surface area contributed by atoms with E-state index in [1.165, 1.54) is 0 Å². The molecule has 1 aliphatic rings. The number of hydrogen-bond donors (Lipinski definition) is 2. The molecule has 7 nitrogen and oxygen atoms in total. The highest BCUT2D eigenvalue weighted by molar-refractivity contribution is 14.0.